The predicted molar refractivity (Wildman–Crippen MR) is 189 cm³/mol. The molecule has 9 aromatic rings. The van der Waals surface area contributed by atoms with E-state index < -0.39 is 0 Å². The molecule has 0 saturated heterocycles. The molecule has 0 aliphatic heterocycles. The fourth-order valence-corrected chi connectivity index (χ4v) is 7.23. The van der Waals surface area contributed by atoms with Crippen LogP contribution in [0.4, 0.5) is 0 Å². The van der Waals surface area contributed by atoms with Crippen molar-refractivity contribution in [2.75, 3.05) is 0 Å². The van der Waals surface area contributed by atoms with Crippen LogP contribution in [0.25, 0.3) is 82.4 Å². The molecular weight excluding hydrogens is 583 g/mol. The normalized spacial score (nSPS) is 11.5. The third kappa shape index (κ3) is 4.38. The zero-order chi connectivity index (χ0) is 30.5. The van der Waals surface area contributed by atoms with Gasteiger partial charge in [0.25, 0.3) is 0 Å². The summed E-state index contributed by atoms with van der Waals surface area (Å²) in [6.07, 6.45) is 0. The molecule has 3 aromatic heterocycles. The highest BCUT2D eigenvalue weighted by Gasteiger charge is 2.21. The number of rotatable bonds is 5. The number of fused-ring (bicyclic) bond motifs is 4. The van der Waals surface area contributed by atoms with Crippen molar-refractivity contribution in [3.8, 4) is 50.4 Å². The third-order valence-electron chi connectivity index (χ3n) is 8.31. The Balaban J connectivity index is 1.31. The van der Waals surface area contributed by atoms with E-state index in [9.17, 15) is 0 Å². The van der Waals surface area contributed by atoms with Gasteiger partial charge in [-0.2, -0.15) is 0 Å². The summed E-state index contributed by atoms with van der Waals surface area (Å²) in [5.41, 5.74) is 8.17. The second kappa shape index (κ2) is 10.9. The first-order chi connectivity index (χ1) is 22.8. The van der Waals surface area contributed by atoms with Crippen molar-refractivity contribution in [1.82, 2.24) is 24.5 Å². The molecule has 5 nitrogen and oxygen atoms in total. The molecule has 46 heavy (non-hydrogen) atoms. The van der Waals surface area contributed by atoms with Gasteiger partial charge in [0.1, 0.15) is 5.01 Å². The van der Waals surface area contributed by atoms with E-state index in [0.29, 0.717) is 17.5 Å². The molecule has 0 N–H and O–H groups in total. The highest BCUT2D eigenvalue weighted by atomic mass is 32.1. The number of para-hydroxylation sites is 3. The topological polar surface area (TPSA) is 56.5 Å². The molecule has 9 rings (SSSR count). The molecule has 0 atom stereocenters. The molecule has 0 fully saturated rings. The van der Waals surface area contributed by atoms with Crippen molar-refractivity contribution >= 4 is 43.4 Å². The van der Waals surface area contributed by atoms with Gasteiger partial charge in [0.05, 0.1) is 26.9 Å². The number of aromatic nitrogens is 5. The SMILES string of the molecule is c1ccc(-c2nc(-c3ccccc3)nc(-c3ccccc3-n3c4ccccc4c4c(-c5nc6ccccc6s5)cccc43)n2)cc1. The number of nitrogens with zero attached hydrogens (tertiary/aromatic N) is 5. The van der Waals surface area contributed by atoms with E-state index in [0.717, 1.165) is 49.5 Å². The molecule has 6 heteroatoms. The zero-order valence-corrected chi connectivity index (χ0v) is 25.4. The monoisotopic (exact) mass is 607 g/mol. The van der Waals surface area contributed by atoms with Gasteiger partial charge in [0, 0.05) is 33.0 Å². The smallest absolute Gasteiger partial charge is 0.166 e. The molecule has 0 unspecified atom stereocenters. The average Bonchev–Trinajstić information content (AvgIpc) is 3.72. The number of hydrogen-bond acceptors (Lipinski definition) is 5. The first-order valence-electron chi connectivity index (χ1n) is 15.2. The van der Waals surface area contributed by atoms with Gasteiger partial charge >= 0.3 is 0 Å². The van der Waals surface area contributed by atoms with Gasteiger partial charge in [-0.3, -0.25) is 0 Å². The standard InChI is InChI=1S/C40H25N5S/c1-3-14-26(15-4-1)37-42-38(27-16-5-2-6-17-27)44-39(43-37)29-19-8-11-23-33(29)45-32-22-10-7-18-28(32)36-30(20-13-24-34(36)45)40-41-31-21-9-12-25-35(31)46-40/h1-25H. The lowest BCUT2D eigenvalue weighted by molar-refractivity contribution is 1.06. The van der Waals surface area contributed by atoms with Gasteiger partial charge in [0.2, 0.25) is 0 Å². The Morgan fingerprint density at radius 2 is 1.02 bits per heavy atom. The summed E-state index contributed by atoms with van der Waals surface area (Å²) in [6, 6.07) is 52.0. The largest absolute Gasteiger partial charge is 0.308 e. The van der Waals surface area contributed by atoms with Gasteiger partial charge in [-0.1, -0.05) is 115 Å². The summed E-state index contributed by atoms with van der Waals surface area (Å²) in [5.74, 6) is 1.90. The summed E-state index contributed by atoms with van der Waals surface area (Å²) in [4.78, 5) is 20.1. The molecule has 0 aliphatic carbocycles. The Bertz CT molecular complexity index is 2440. The van der Waals surface area contributed by atoms with Gasteiger partial charge in [-0.25, -0.2) is 19.9 Å². The highest BCUT2D eigenvalue weighted by molar-refractivity contribution is 7.21. The van der Waals surface area contributed by atoms with Crippen LogP contribution in [-0.4, -0.2) is 24.5 Å². The van der Waals surface area contributed by atoms with Crippen molar-refractivity contribution in [3.05, 3.63) is 152 Å². The maximum Gasteiger partial charge on any atom is 0.166 e. The zero-order valence-electron chi connectivity index (χ0n) is 24.6. The summed E-state index contributed by atoms with van der Waals surface area (Å²) in [7, 11) is 0. The Morgan fingerprint density at radius 1 is 0.435 bits per heavy atom. The van der Waals surface area contributed by atoms with Crippen LogP contribution in [0.2, 0.25) is 0 Å². The summed E-state index contributed by atoms with van der Waals surface area (Å²) in [5, 5.41) is 3.37. The molecule has 3 heterocycles. The molecule has 0 amide bonds. The number of benzene rings is 6. The Kier molecular flexibility index (Phi) is 6.25. The fourth-order valence-electron chi connectivity index (χ4n) is 6.23. The second-order valence-corrected chi connectivity index (χ2v) is 12.1. The van der Waals surface area contributed by atoms with Gasteiger partial charge in [0.15, 0.2) is 17.5 Å². The quantitative estimate of drug-likeness (QED) is 0.195. The highest BCUT2D eigenvalue weighted by Crippen LogP contribution is 2.42. The minimum absolute atomic E-state index is 0.622. The van der Waals surface area contributed by atoms with E-state index in [1.807, 2.05) is 72.8 Å². The van der Waals surface area contributed by atoms with Crippen molar-refractivity contribution in [3.63, 3.8) is 0 Å². The lowest BCUT2D eigenvalue weighted by Gasteiger charge is -2.14. The Morgan fingerprint density at radius 3 is 1.78 bits per heavy atom. The first-order valence-corrected chi connectivity index (χ1v) is 16.0. The van der Waals surface area contributed by atoms with Crippen molar-refractivity contribution in [2.24, 2.45) is 0 Å². The van der Waals surface area contributed by atoms with E-state index in [-0.39, 0.29) is 0 Å². The van der Waals surface area contributed by atoms with Crippen LogP contribution in [0.5, 0.6) is 0 Å². The van der Waals surface area contributed by atoms with E-state index in [4.69, 9.17) is 19.9 Å². The molecule has 6 aromatic carbocycles. The minimum Gasteiger partial charge on any atom is -0.308 e. The van der Waals surface area contributed by atoms with Crippen LogP contribution in [0.1, 0.15) is 0 Å². The van der Waals surface area contributed by atoms with Crippen molar-refractivity contribution in [1.29, 1.82) is 0 Å². The lowest BCUT2D eigenvalue weighted by atomic mass is 10.1. The van der Waals surface area contributed by atoms with Crippen LogP contribution in [0.15, 0.2) is 152 Å². The van der Waals surface area contributed by atoms with Crippen molar-refractivity contribution in [2.45, 2.75) is 0 Å². The molecule has 0 radical (unpaired) electrons. The minimum atomic E-state index is 0.622. The number of thiazole rings is 1. The lowest BCUT2D eigenvalue weighted by Crippen LogP contribution is -2.03. The summed E-state index contributed by atoms with van der Waals surface area (Å²) in [6.45, 7) is 0. The van der Waals surface area contributed by atoms with Gasteiger partial charge < -0.3 is 4.57 Å². The Hall–Kier alpha value is -5.98. The van der Waals surface area contributed by atoms with Crippen LogP contribution in [-0.2, 0) is 0 Å². The van der Waals surface area contributed by atoms with E-state index in [1.54, 1.807) is 11.3 Å². The molecule has 0 aliphatic rings. The molecule has 0 bridgehead atoms. The van der Waals surface area contributed by atoms with E-state index in [1.165, 1.54) is 15.5 Å². The number of hydrogen-bond donors (Lipinski definition) is 0. The van der Waals surface area contributed by atoms with Crippen LogP contribution in [0, 0.1) is 0 Å². The molecule has 216 valence electrons. The first kappa shape index (κ1) is 26.4. The summed E-state index contributed by atoms with van der Waals surface area (Å²) >= 11 is 1.73. The maximum atomic E-state index is 5.08. The van der Waals surface area contributed by atoms with E-state index >= 15 is 0 Å². The van der Waals surface area contributed by atoms with Gasteiger partial charge in [-0.05, 0) is 36.4 Å². The van der Waals surface area contributed by atoms with Crippen LogP contribution in [0.3, 0.4) is 0 Å². The Labute approximate surface area is 269 Å². The third-order valence-corrected chi connectivity index (χ3v) is 9.38. The summed E-state index contributed by atoms with van der Waals surface area (Å²) < 4.78 is 3.52. The average molecular weight is 608 g/mol. The maximum absolute atomic E-state index is 5.08. The van der Waals surface area contributed by atoms with Gasteiger partial charge in [-0.15, -0.1) is 11.3 Å². The molecule has 0 spiro atoms. The molecule has 0 saturated carbocycles. The van der Waals surface area contributed by atoms with Crippen LogP contribution < -0.4 is 0 Å². The van der Waals surface area contributed by atoms with E-state index in [2.05, 4.69) is 83.4 Å². The second-order valence-electron chi connectivity index (χ2n) is 11.1. The predicted octanol–water partition coefficient (Wildman–Crippen LogP) is 10.2. The van der Waals surface area contributed by atoms with Crippen LogP contribution >= 0.6 is 11.3 Å². The molecular formula is C40H25N5S. The van der Waals surface area contributed by atoms with Crippen molar-refractivity contribution < 1.29 is 0 Å². The fraction of sp³-hybridized carbons (Fsp3) is 0.